The van der Waals surface area contributed by atoms with Gasteiger partial charge in [0.2, 0.25) is 5.60 Å². The SMILES string of the molecule is CCOc1ccccc1C1(OC(=O)N2CCN(C3CCN(C)CC3)CC2)C(=O)N(S(=O)(=O)c2cn(C)cn2)c2ccc(F)cc21. The molecule has 0 radical (unpaired) electrons. The van der Waals surface area contributed by atoms with Gasteiger partial charge in [-0.25, -0.2) is 14.2 Å². The molecule has 240 valence electrons. The van der Waals surface area contributed by atoms with Gasteiger partial charge in [-0.2, -0.15) is 12.7 Å². The minimum absolute atomic E-state index is 0.0840. The summed E-state index contributed by atoms with van der Waals surface area (Å²) >= 11 is 0. The lowest BCUT2D eigenvalue weighted by atomic mass is 9.86. The molecule has 0 N–H and O–H groups in total. The number of piperidine rings is 1. The molecule has 6 rings (SSSR count). The first-order valence-corrected chi connectivity index (χ1v) is 16.5. The first-order valence-electron chi connectivity index (χ1n) is 15.1. The van der Waals surface area contributed by atoms with Crippen LogP contribution >= 0.6 is 0 Å². The number of para-hydroxylation sites is 1. The van der Waals surface area contributed by atoms with Crippen LogP contribution in [0.15, 0.2) is 60.0 Å². The van der Waals surface area contributed by atoms with Crippen LogP contribution in [0, 0.1) is 5.82 Å². The molecule has 1 unspecified atom stereocenters. The van der Waals surface area contributed by atoms with E-state index in [4.69, 9.17) is 9.47 Å². The van der Waals surface area contributed by atoms with Crippen LogP contribution in [0.5, 0.6) is 5.75 Å². The number of ether oxygens (including phenoxy) is 2. The van der Waals surface area contributed by atoms with Crippen LogP contribution in [-0.2, 0) is 32.2 Å². The molecule has 12 nitrogen and oxygen atoms in total. The first kappa shape index (κ1) is 31.0. The summed E-state index contributed by atoms with van der Waals surface area (Å²) in [5, 5.41) is -0.390. The number of aryl methyl sites for hydroxylation is 1. The van der Waals surface area contributed by atoms with Gasteiger partial charge in [0, 0.05) is 51.0 Å². The van der Waals surface area contributed by atoms with Crippen molar-refractivity contribution in [3.63, 3.8) is 0 Å². The van der Waals surface area contributed by atoms with Crippen molar-refractivity contribution in [1.29, 1.82) is 0 Å². The summed E-state index contributed by atoms with van der Waals surface area (Å²) in [7, 11) is -0.901. The standard InChI is InChI=1S/C31H37FN6O6S/c1-4-43-27-8-6-5-7-24(27)31(44-30(40)37-17-15-36(16-18-37)23-11-13-34(2)14-12-23)25-19-22(32)9-10-26(25)38(29(31)39)45(41,42)28-20-35(3)21-33-28/h5-10,19-21,23H,4,11-18H2,1-3H3. The van der Waals surface area contributed by atoms with Gasteiger partial charge in [-0.1, -0.05) is 18.2 Å². The molecule has 2 aromatic carbocycles. The van der Waals surface area contributed by atoms with Gasteiger partial charge in [-0.05, 0) is 64.2 Å². The van der Waals surface area contributed by atoms with Crippen LogP contribution in [0.25, 0.3) is 0 Å². The average Bonchev–Trinajstić information content (AvgIpc) is 3.58. The Bertz CT molecular complexity index is 1700. The van der Waals surface area contributed by atoms with Crippen molar-refractivity contribution < 1.29 is 31.9 Å². The molecule has 3 aliphatic heterocycles. The summed E-state index contributed by atoms with van der Waals surface area (Å²) in [5.74, 6) is -1.64. The van der Waals surface area contributed by atoms with E-state index in [1.807, 2.05) is 0 Å². The number of carbonyl (C=O) groups excluding carboxylic acids is 2. The van der Waals surface area contributed by atoms with E-state index < -0.39 is 33.4 Å². The van der Waals surface area contributed by atoms with E-state index in [0.29, 0.717) is 36.5 Å². The molecule has 2 amide bonds. The van der Waals surface area contributed by atoms with Crippen molar-refractivity contribution in [2.24, 2.45) is 7.05 Å². The fraction of sp³-hybridized carbons (Fsp3) is 0.452. The van der Waals surface area contributed by atoms with Gasteiger partial charge in [0.05, 0.1) is 24.2 Å². The highest BCUT2D eigenvalue weighted by molar-refractivity contribution is 7.93. The summed E-state index contributed by atoms with van der Waals surface area (Å²) in [6, 6.07) is 10.1. The number of carbonyl (C=O) groups is 2. The molecular formula is C31H37FN6O6S. The van der Waals surface area contributed by atoms with Crippen LogP contribution < -0.4 is 9.04 Å². The van der Waals surface area contributed by atoms with Crippen molar-refractivity contribution >= 4 is 27.7 Å². The molecule has 45 heavy (non-hydrogen) atoms. The Balaban J connectivity index is 1.40. The zero-order valence-corrected chi connectivity index (χ0v) is 26.4. The number of anilines is 1. The highest BCUT2D eigenvalue weighted by atomic mass is 32.2. The second-order valence-corrected chi connectivity index (χ2v) is 13.4. The maximum absolute atomic E-state index is 15.0. The maximum atomic E-state index is 15.0. The molecule has 0 spiro atoms. The number of rotatable bonds is 7. The third-order valence-corrected chi connectivity index (χ3v) is 10.4. The quantitative estimate of drug-likeness (QED) is 0.384. The maximum Gasteiger partial charge on any atom is 0.411 e. The fourth-order valence-corrected chi connectivity index (χ4v) is 7.90. The number of amides is 2. The molecule has 3 aromatic rings. The lowest BCUT2D eigenvalue weighted by Gasteiger charge is -2.42. The molecule has 2 fully saturated rings. The van der Waals surface area contributed by atoms with Crippen LogP contribution in [0.1, 0.15) is 30.9 Å². The third-order valence-electron chi connectivity index (χ3n) is 8.81. The highest BCUT2D eigenvalue weighted by Crippen LogP contribution is 2.51. The van der Waals surface area contributed by atoms with Crippen LogP contribution in [0.4, 0.5) is 14.9 Å². The normalized spacial score (nSPS) is 21.6. The summed E-state index contributed by atoms with van der Waals surface area (Å²) in [4.78, 5) is 38.9. The molecule has 1 atom stereocenters. The van der Waals surface area contributed by atoms with Crippen molar-refractivity contribution in [2.75, 3.05) is 57.2 Å². The number of nitrogens with zero attached hydrogens (tertiary/aromatic N) is 6. The average molecular weight is 641 g/mol. The smallest absolute Gasteiger partial charge is 0.411 e. The number of halogens is 1. The van der Waals surface area contributed by atoms with E-state index in [0.717, 1.165) is 38.1 Å². The van der Waals surface area contributed by atoms with Gasteiger partial charge in [0.25, 0.3) is 15.9 Å². The topological polar surface area (TPSA) is 118 Å². The first-order chi connectivity index (χ1) is 21.6. The minimum Gasteiger partial charge on any atom is -0.493 e. The molecule has 1 aromatic heterocycles. The number of aromatic nitrogens is 2. The van der Waals surface area contributed by atoms with Crippen molar-refractivity contribution in [3.05, 3.63) is 71.9 Å². The predicted octanol–water partition coefficient (Wildman–Crippen LogP) is 2.79. The lowest BCUT2D eigenvalue weighted by molar-refractivity contribution is -0.132. The number of imidazole rings is 1. The Morgan fingerprint density at radius 1 is 1.02 bits per heavy atom. The zero-order valence-electron chi connectivity index (χ0n) is 25.6. The summed E-state index contributed by atoms with van der Waals surface area (Å²) in [6.45, 7) is 5.97. The Morgan fingerprint density at radius 2 is 1.73 bits per heavy atom. The van der Waals surface area contributed by atoms with E-state index in [2.05, 4.69) is 21.8 Å². The zero-order chi connectivity index (χ0) is 31.9. The third kappa shape index (κ3) is 5.44. The number of sulfonamides is 1. The molecule has 3 aliphatic rings. The van der Waals surface area contributed by atoms with E-state index in [1.54, 1.807) is 32.2 Å². The minimum atomic E-state index is -4.61. The van der Waals surface area contributed by atoms with Gasteiger partial charge < -0.3 is 23.8 Å². The van der Waals surface area contributed by atoms with E-state index >= 15 is 0 Å². The second-order valence-electron chi connectivity index (χ2n) is 11.6. The lowest BCUT2D eigenvalue weighted by Crippen LogP contribution is -2.55. The Hall–Kier alpha value is -4.01. The largest absolute Gasteiger partial charge is 0.493 e. The van der Waals surface area contributed by atoms with Crippen LogP contribution in [0.3, 0.4) is 0 Å². The number of hydrogen-bond acceptors (Lipinski definition) is 9. The van der Waals surface area contributed by atoms with Crippen molar-refractivity contribution in [3.8, 4) is 5.75 Å². The van der Waals surface area contributed by atoms with Crippen molar-refractivity contribution in [2.45, 2.75) is 36.4 Å². The summed E-state index contributed by atoms with van der Waals surface area (Å²) in [6.07, 6.45) is 3.84. The Labute approximate surface area is 262 Å². The van der Waals surface area contributed by atoms with Crippen molar-refractivity contribution in [1.82, 2.24) is 24.3 Å². The van der Waals surface area contributed by atoms with Gasteiger partial charge in [0.1, 0.15) is 11.6 Å². The van der Waals surface area contributed by atoms with Gasteiger partial charge in [-0.15, -0.1) is 0 Å². The predicted molar refractivity (Wildman–Crippen MR) is 163 cm³/mol. The molecule has 2 saturated heterocycles. The Morgan fingerprint density at radius 3 is 2.40 bits per heavy atom. The molecule has 14 heteroatoms. The van der Waals surface area contributed by atoms with E-state index in [1.165, 1.54) is 34.1 Å². The number of hydrogen-bond donors (Lipinski definition) is 0. The molecule has 0 aliphatic carbocycles. The summed E-state index contributed by atoms with van der Waals surface area (Å²) < 4.78 is 57.0. The molecule has 0 bridgehead atoms. The molecular weight excluding hydrogens is 603 g/mol. The van der Waals surface area contributed by atoms with Gasteiger partial charge in [0.15, 0.2) is 5.03 Å². The van der Waals surface area contributed by atoms with Crippen LogP contribution in [-0.4, -0.2) is 104 Å². The van der Waals surface area contributed by atoms with E-state index in [-0.39, 0.29) is 34.2 Å². The highest BCUT2D eigenvalue weighted by Gasteiger charge is 2.61. The molecule has 4 heterocycles. The van der Waals surface area contributed by atoms with Crippen LogP contribution in [0.2, 0.25) is 0 Å². The Kier molecular flexibility index (Phi) is 8.31. The fourth-order valence-electron chi connectivity index (χ4n) is 6.47. The van der Waals surface area contributed by atoms with Gasteiger partial charge in [-0.3, -0.25) is 9.69 Å². The summed E-state index contributed by atoms with van der Waals surface area (Å²) in [5.41, 5.74) is -2.55. The molecule has 0 saturated carbocycles. The second kappa shape index (κ2) is 12.1. The number of likely N-dealkylation sites (tertiary alicyclic amines) is 1. The number of benzene rings is 2. The number of fused-ring (bicyclic) bond motifs is 1. The van der Waals surface area contributed by atoms with Gasteiger partial charge >= 0.3 is 6.09 Å². The monoisotopic (exact) mass is 640 g/mol. The number of piperazine rings is 1. The van der Waals surface area contributed by atoms with E-state index in [9.17, 15) is 22.4 Å².